The molecular formula is C13H13BrN4O2. The molecule has 3 N–H and O–H groups in total. The lowest BCUT2D eigenvalue weighted by Gasteiger charge is -2.09. The predicted molar refractivity (Wildman–Crippen MR) is 80.4 cm³/mol. The highest BCUT2D eigenvalue weighted by Crippen LogP contribution is 2.24. The van der Waals surface area contributed by atoms with E-state index in [-0.39, 0.29) is 12.5 Å². The number of halogens is 1. The summed E-state index contributed by atoms with van der Waals surface area (Å²) in [4.78, 5) is 27.1. The number of aromatic nitrogens is 2. The van der Waals surface area contributed by atoms with Gasteiger partial charge in [0.25, 0.3) is 0 Å². The van der Waals surface area contributed by atoms with E-state index >= 15 is 0 Å². The number of aryl methyl sites for hydroxylation is 1. The smallest absolute Gasteiger partial charge is 0.347 e. The van der Waals surface area contributed by atoms with E-state index in [2.05, 4.69) is 26.2 Å². The Balaban J connectivity index is 2.13. The molecule has 0 unspecified atom stereocenters. The molecule has 0 fully saturated rings. The molecule has 0 spiro atoms. The van der Waals surface area contributed by atoms with Gasteiger partial charge in [0.2, 0.25) is 5.91 Å². The van der Waals surface area contributed by atoms with Crippen molar-refractivity contribution >= 4 is 33.2 Å². The second kappa shape index (κ2) is 5.87. The van der Waals surface area contributed by atoms with Gasteiger partial charge in [-0.2, -0.15) is 0 Å². The minimum Gasteiger partial charge on any atom is -0.399 e. The van der Waals surface area contributed by atoms with E-state index in [1.165, 1.54) is 10.8 Å². The van der Waals surface area contributed by atoms with Crippen LogP contribution in [0.4, 0.5) is 11.4 Å². The Morgan fingerprint density at radius 2 is 2.25 bits per heavy atom. The zero-order valence-corrected chi connectivity index (χ0v) is 12.3. The number of anilines is 2. The summed E-state index contributed by atoms with van der Waals surface area (Å²) in [5.41, 5.74) is 7.16. The van der Waals surface area contributed by atoms with Gasteiger partial charge in [0.1, 0.15) is 6.54 Å². The van der Waals surface area contributed by atoms with Crippen LogP contribution >= 0.6 is 15.9 Å². The number of nitrogens with two attached hydrogens (primary N) is 1. The Bertz CT molecular complexity index is 712. The molecule has 0 atom stereocenters. The first kappa shape index (κ1) is 14.3. The summed E-state index contributed by atoms with van der Waals surface area (Å²) in [7, 11) is 0. The highest BCUT2D eigenvalue weighted by Gasteiger charge is 2.08. The summed E-state index contributed by atoms with van der Waals surface area (Å²) in [5, 5.41) is 2.70. The lowest BCUT2D eigenvalue weighted by Crippen LogP contribution is -2.29. The van der Waals surface area contributed by atoms with Crippen molar-refractivity contribution in [2.45, 2.75) is 13.5 Å². The van der Waals surface area contributed by atoms with Crippen LogP contribution in [0.3, 0.4) is 0 Å². The summed E-state index contributed by atoms with van der Waals surface area (Å²) < 4.78 is 1.94. The van der Waals surface area contributed by atoms with Crippen molar-refractivity contribution < 1.29 is 4.79 Å². The standard InChI is InChI=1S/C13H13BrN4O2/c1-8-5-16-13(20)18(6-8)7-12(19)17-11-3-2-9(15)4-10(11)14/h2-6H,7,15H2,1H3,(H,17,19). The van der Waals surface area contributed by atoms with E-state index in [1.807, 2.05) is 0 Å². The van der Waals surface area contributed by atoms with E-state index in [1.54, 1.807) is 31.3 Å². The van der Waals surface area contributed by atoms with Gasteiger partial charge in [-0.15, -0.1) is 0 Å². The van der Waals surface area contributed by atoms with E-state index in [0.717, 1.165) is 5.56 Å². The van der Waals surface area contributed by atoms with E-state index < -0.39 is 5.69 Å². The van der Waals surface area contributed by atoms with E-state index in [9.17, 15) is 9.59 Å². The molecule has 1 aromatic heterocycles. The first-order valence-corrected chi connectivity index (χ1v) is 6.63. The highest BCUT2D eigenvalue weighted by molar-refractivity contribution is 9.10. The number of carbonyl (C=O) groups excluding carboxylic acids is 1. The maximum absolute atomic E-state index is 11.9. The predicted octanol–water partition coefficient (Wildman–Crippen LogP) is 1.54. The van der Waals surface area contributed by atoms with E-state index in [4.69, 9.17) is 5.73 Å². The van der Waals surface area contributed by atoms with Crippen LogP contribution < -0.4 is 16.7 Å². The molecular weight excluding hydrogens is 324 g/mol. The molecule has 0 bridgehead atoms. The molecule has 0 saturated heterocycles. The van der Waals surface area contributed by atoms with Crippen molar-refractivity contribution in [1.82, 2.24) is 9.55 Å². The summed E-state index contributed by atoms with van der Waals surface area (Å²) in [6, 6.07) is 5.06. The van der Waals surface area contributed by atoms with E-state index in [0.29, 0.717) is 15.8 Å². The number of hydrogen-bond acceptors (Lipinski definition) is 4. The fraction of sp³-hybridized carbons (Fsp3) is 0.154. The molecule has 2 rings (SSSR count). The summed E-state index contributed by atoms with van der Waals surface area (Å²) >= 11 is 3.31. The molecule has 20 heavy (non-hydrogen) atoms. The van der Waals surface area contributed by atoms with Crippen LogP contribution in [-0.4, -0.2) is 15.5 Å². The van der Waals surface area contributed by atoms with Gasteiger partial charge in [-0.25, -0.2) is 9.78 Å². The maximum Gasteiger partial charge on any atom is 0.347 e. The lowest BCUT2D eigenvalue weighted by atomic mass is 10.3. The Hall–Kier alpha value is -2.15. The van der Waals surface area contributed by atoms with Crippen molar-refractivity contribution in [3.63, 3.8) is 0 Å². The van der Waals surface area contributed by atoms with Crippen molar-refractivity contribution in [3.8, 4) is 0 Å². The Kier molecular flexibility index (Phi) is 4.19. The van der Waals surface area contributed by atoms with Crippen molar-refractivity contribution in [3.05, 3.63) is 51.1 Å². The van der Waals surface area contributed by atoms with Crippen LogP contribution in [0, 0.1) is 6.92 Å². The quantitative estimate of drug-likeness (QED) is 0.832. The van der Waals surface area contributed by atoms with Crippen LogP contribution in [0.2, 0.25) is 0 Å². The number of amides is 1. The highest BCUT2D eigenvalue weighted by atomic mass is 79.9. The molecule has 0 saturated carbocycles. The molecule has 1 heterocycles. The van der Waals surface area contributed by atoms with Crippen molar-refractivity contribution in [2.24, 2.45) is 0 Å². The molecule has 6 nitrogen and oxygen atoms in total. The normalized spacial score (nSPS) is 10.3. The number of hydrogen-bond donors (Lipinski definition) is 2. The minimum atomic E-state index is -0.456. The van der Waals surface area contributed by atoms with Gasteiger partial charge >= 0.3 is 5.69 Å². The van der Waals surface area contributed by atoms with Gasteiger partial charge in [-0.3, -0.25) is 9.36 Å². The first-order valence-electron chi connectivity index (χ1n) is 5.83. The third-order valence-electron chi connectivity index (χ3n) is 2.56. The largest absolute Gasteiger partial charge is 0.399 e. The maximum atomic E-state index is 11.9. The third-order valence-corrected chi connectivity index (χ3v) is 3.22. The second-order valence-corrected chi connectivity index (χ2v) is 5.18. The minimum absolute atomic E-state index is 0.0929. The van der Waals surface area contributed by atoms with Crippen LogP contribution in [0.25, 0.3) is 0 Å². The third kappa shape index (κ3) is 3.45. The van der Waals surface area contributed by atoms with Gasteiger partial charge in [0.15, 0.2) is 0 Å². The number of rotatable bonds is 3. The first-order chi connectivity index (χ1) is 9.45. The average Bonchev–Trinajstić information content (AvgIpc) is 2.37. The lowest BCUT2D eigenvalue weighted by molar-refractivity contribution is -0.116. The second-order valence-electron chi connectivity index (χ2n) is 4.33. The molecule has 104 valence electrons. The van der Waals surface area contributed by atoms with Crippen molar-refractivity contribution in [2.75, 3.05) is 11.1 Å². The van der Waals surface area contributed by atoms with Crippen molar-refractivity contribution in [1.29, 1.82) is 0 Å². The molecule has 0 aliphatic rings. The van der Waals surface area contributed by atoms with Crippen LogP contribution in [0.1, 0.15) is 5.56 Å². The summed E-state index contributed by atoms with van der Waals surface area (Å²) in [6.45, 7) is 1.71. The Morgan fingerprint density at radius 3 is 2.95 bits per heavy atom. The van der Waals surface area contributed by atoms with Gasteiger partial charge in [-0.05, 0) is 46.6 Å². The zero-order chi connectivity index (χ0) is 14.7. The molecule has 0 aliphatic carbocycles. The molecule has 2 aromatic rings. The summed E-state index contributed by atoms with van der Waals surface area (Å²) in [5.74, 6) is -0.315. The molecule has 1 amide bonds. The summed E-state index contributed by atoms with van der Waals surface area (Å²) in [6.07, 6.45) is 3.06. The zero-order valence-electron chi connectivity index (χ0n) is 10.8. The fourth-order valence-corrected chi connectivity index (χ4v) is 2.15. The van der Waals surface area contributed by atoms with Gasteiger partial charge in [0.05, 0.1) is 5.69 Å². The van der Waals surface area contributed by atoms with Crippen LogP contribution in [0.15, 0.2) is 39.9 Å². The Morgan fingerprint density at radius 1 is 1.50 bits per heavy atom. The fourth-order valence-electron chi connectivity index (χ4n) is 1.66. The number of benzene rings is 1. The monoisotopic (exact) mass is 336 g/mol. The average molecular weight is 337 g/mol. The SMILES string of the molecule is Cc1cnc(=O)n(CC(=O)Nc2ccc(N)cc2Br)c1. The number of nitrogens with zero attached hydrogens (tertiary/aromatic N) is 2. The number of nitrogens with one attached hydrogen (secondary N) is 1. The van der Waals surface area contributed by atoms with Gasteiger partial charge < -0.3 is 11.1 Å². The Labute approximate surface area is 123 Å². The molecule has 1 aromatic carbocycles. The molecule has 0 aliphatic heterocycles. The van der Waals surface area contributed by atoms with Gasteiger partial charge in [-0.1, -0.05) is 0 Å². The topological polar surface area (TPSA) is 90.0 Å². The molecule has 7 heteroatoms. The number of nitrogen functional groups attached to an aromatic ring is 1. The number of carbonyl (C=O) groups is 1. The van der Waals surface area contributed by atoms with Crippen LogP contribution in [-0.2, 0) is 11.3 Å². The van der Waals surface area contributed by atoms with Crippen LogP contribution in [0.5, 0.6) is 0 Å². The van der Waals surface area contributed by atoms with Gasteiger partial charge in [0, 0.05) is 22.6 Å². The molecule has 0 radical (unpaired) electrons.